The maximum Gasteiger partial charge on any atom is 0.228 e. The van der Waals surface area contributed by atoms with Crippen molar-refractivity contribution in [3.8, 4) is 33.6 Å². The van der Waals surface area contributed by atoms with E-state index in [1.54, 1.807) is 7.11 Å². The van der Waals surface area contributed by atoms with E-state index in [2.05, 4.69) is 63.8 Å². The van der Waals surface area contributed by atoms with Gasteiger partial charge in [-0.1, -0.05) is 24.3 Å². The van der Waals surface area contributed by atoms with E-state index >= 15 is 0 Å². The van der Waals surface area contributed by atoms with E-state index in [4.69, 9.17) is 14.8 Å². The van der Waals surface area contributed by atoms with Crippen molar-refractivity contribution < 1.29 is 4.74 Å². The third-order valence-corrected chi connectivity index (χ3v) is 7.16. The molecular formula is C29H34N10O. The van der Waals surface area contributed by atoms with Crippen LogP contribution in [0.15, 0.2) is 55.1 Å². The number of methoxy groups -OCH3 is 1. The molecule has 0 aliphatic heterocycles. The fourth-order valence-electron chi connectivity index (χ4n) is 5.06. The number of fused-ring (bicyclic) bond motifs is 3. The largest absolute Gasteiger partial charge is 0.383 e. The number of likely N-dealkylation sites (N-methyl/N-ethyl adjacent to an activating group) is 1. The SMILES string of the molecule is COCCn1cc(-c2ccc(-c3c4c(nn3C)CCc3cnc(Nc5ccn(CCN(C)C)n5)nc3-4)cc2)cn1. The second-order valence-corrected chi connectivity index (χ2v) is 10.3. The van der Waals surface area contributed by atoms with Crippen molar-refractivity contribution in [2.75, 3.05) is 39.7 Å². The van der Waals surface area contributed by atoms with E-state index in [-0.39, 0.29) is 0 Å². The van der Waals surface area contributed by atoms with Crippen molar-refractivity contribution in [3.63, 3.8) is 0 Å². The molecular weight excluding hydrogens is 504 g/mol. The number of anilines is 2. The van der Waals surface area contributed by atoms with E-state index in [9.17, 15) is 0 Å². The predicted molar refractivity (Wildman–Crippen MR) is 154 cm³/mol. The molecule has 0 atom stereocenters. The summed E-state index contributed by atoms with van der Waals surface area (Å²) in [7, 11) is 7.81. The summed E-state index contributed by atoms with van der Waals surface area (Å²) in [4.78, 5) is 11.7. The van der Waals surface area contributed by atoms with Gasteiger partial charge in [-0.3, -0.25) is 14.0 Å². The Labute approximate surface area is 233 Å². The molecule has 0 bridgehead atoms. The van der Waals surface area contributed by atoms with E-state index in [1.807, 2.05) is 51.9 Å². The molecule has 0 unspecified atom stereocenters. The van der Waals surface area contributed by atoms with Gasteiger partial charge in [-0.15, -0.1) is 0 Å². The smallest absolute Gasteiger partial charge is 0.228 e. The summed E-state index contributed by atoms with van der Waals surface area (Å²) >= 11 is 0. The molecule has 4 heterocycles. The zero-order chi connectivity index (χ0) is 27.6. The van der Waals surface area contributed by atoms with Crippen LogP contribution in [0.25, 0.3) is 33.6 Å². The lowest BCUT2D eigenvalue weighted by molar-refractivity contribution is 0.183. The summed E-state index contributed by atoms with van der Waals surface area (Å²) in [6.45, 7) is 3.10. The van der Waals surface area contributed by atoms with E-state index in [0.29, 0.717) is 12.6 Å². The van der Waals surface area contributed by atoms with Crippen molar-refractivity contribution in [1.82, 2.24) is 44.2 Å². The number of aryl methyl sites for hydroxylation is 3. The number of ether oxygens (including phenoxy) is 1. The first kappa shape index (κ1) is 25.9. The van der Waals surface area contributed by atoms with Crippen LogP contribution in [0.1, 0.15) is 11.3 Å². The van der Waals surface area contributed by atoms with Gasteiger partial charge in [-0.05, 0) is 38.1 Å². The number of nitrogens with zero attached hydrogens (tertiary/aromatic N) is 9. The highest BCUT2D eigenvalue weighted by Crippen LogP contribution is 2.40. The number of aromatic nitrogens is 8. The Morgan fingerprint density at radius 3 is 2.58 bits per heavy atom. The molecule has 0 saturated heterocycles. The summed E-state index contributed by atoms with van der Waals surface area (Å²) < 4.78 is 11.0. The minimum atomic E-state index is 0.528. The monoisotopic (exact) mass is 538 g/mol. The van der Waals surface area contributed by atoms with Crippen molar-refractivity contribution in [2.45, 2.75) is 25.9 Å². The molecule has 6 rings (SSSR count). The second-order valence-electron chi connectivity index (χ2n) is 10.3. The van der Waals surface area contributed by atoms with Gasteiger partial charge >= 0.3 is 0 Å². The molecule has 5 aromatic rings. The highest BCUT2D eigenvalue weighted by molar-refractivity contribution is 5.85. The average Bonchev–Trinajstić information content (AvgIpc) is 3.69. The lowest BCUT2D eigenvalue weighted by atomic mass is 9.91. The highest BCUT2D eigenvalue weighted by Gasteiger charge is 2.27. The summed E-state index contributed by atoms with van der Waals surface area (Å²) in [6.07, 6.45) is 9.57. The third-order valence-electron chi connectivity index (χ3n) is 7.16. The summed E-state index contributed by atoms with van der Waals surface area (Å²) in [6, 6.07) is 10.5. The molecule has 11 heteroatoms. The van der Waals surface area contributed by atoms with Gasteiger partial charge < -0.3 is 15.0 Å². The second kappa shape index (κ2) is 11.0. The average molecular weight is 539 g/mol. The third kappa shape index (κ3) is 5.25. The van der Waals surface area contributed by atoms with E-state index < -0.39 is 0 Å². The minimum absolute atomic E-state index is 0.528. The molecule has 0 saturated carbocycles. The molecule has 40 heavy (non-hydrogen) atoms. The highest BCUT2D eigenvalue weighted by atomic mass is 16.5. The van der Waals surface area contributed by atoms with Gasteiger partial charge in [0.05, 0.1) is 43.0 Å². The fourth-order valence-corrected chi connectivity index (χ4v) is 5.06. The quantitative estimate of drug-likeness (QED) is 0.287. The molecule has 11 nitrogen and oxygen atoms in total. The summed E-state index contributed by atoms with van der Waals surface area (Å²) in [5, 5.41) is 17.2. The number of nitrogens with one attached hydrogen (secondary N) is 1. The molecule has 1 aliphatic carbocycles. The van der Waals surface area contributed by atoms with E-state index in [1.165, 1.54) is 0 Å². The van der Waals surface area contributed by atoms with Crippen molar-refractivity contribution in [2.24, 2.45) is 7.05 Å². The first-order chi connectivity index (χ1) is 19.5. The zero-order valence-corrected chi connectivity index (χ0v) is 23.4. The Morgan fingerprint density at radius 2 is 1.77 bits per heavy atom. The Morgan fingerprint density at radius 1 is 0.950 bits per heavy atom. The topological polar surface area (TPSA) is 104 Å². The molecule has 4 aromatic heterocycles. The van der Waals surface area contributed by atoms with E-state index in [0.717, 1.165) is 83.2 Å². The van der Waals surface area contributed by atoms with Crippen LogP contribution in [-0.2, 0) is 37.7 Å². The molecule has 0 radical (unpaired) electrons. The van der Waals surface area contributed by atoms with Gasteiger partial charge in [0, 0.05) is 62.0 Å². The first-order valence-corrected chi connectivity index (χ1v) is 13.5. The first-order valence-electron chi connectivity index (χ1n) is 13.5. The van der Waals surface area contributed by atoms with Gasteiger partial charge in [-0.25, -0.2) is 9.97 Å². The molecule has 1 aliphatic rings. The summed E-state index contributed by atoms with van der Waals surface area (Å²) in [5.41, 5.74) is 8.52. The van der Waals surface area contributed by atoms with Crippen molar-refractivity contribution in [1.29, 1.82) is 0 Å². The Hall–Kier alpha value is -4.35. The lowest BCUT2D eigenvalue weighted by Gasteiger charge is -2.17. The van der Waals surface area contributed by atoms with Crippen LogP contribution < -0.4 is 5.32 Å². The van der Waals surface area contributed by atoms with Gasteiger partial charge in [0.25, 0.3) is 0 Å². The van der Waals surface area contributed by atoms with Gasteiger partial charge in [0.15, 0.2) is 5.82 Å². The van der Waals surface area contributed by atoms with Crippen LogP contribution in [-0.4, -0.2) is 78.6 Å². The van der Waals surface area contributed by atoms with Crippen LogP contribution in [0.5, 0.6) is 0 Å². The fraction of sp³-hybridized carbons (Fsp3) is 0.345. The number of benzene rings is 1. The standard InChI is InChI=1S/C29H34N10O/c1-36(2)13-14-38-12-11-25(35-38)32-29-30-17-22-9-10-24-26(27(22)33-29)28(37(3)34-24)21-7-5-20(6-8-21)23-18-31-39(19-23)15-16-40-4/h5-8,11-12,17-19H,9-10,13-16H2,1-4H3,(H,30,32,33,35). The molecule has 0 amide bonds. The van der Waals surface area contributed by atoms with Crippen molar-refractivity contribution in [3.05, 3.63) is 66.4 Å². The molecule has 1 N–H and O–H groups in total. The van der Waals surface area contributed by atoms with Crippen LogP contribution >= 0.6 is 0 Å². The van der Waals surface area contributed by atoms with Crippen LogP contribution in [0, 0.1) is 0 Å². The molecule has 0 spiro atoms. The Kier molecular flexibility index (Phi) is 7.14. The molecule has 206 valence electrons. The Balaban J connectivity index is 1.28. The number of rotatable bonds is 10. The predicted octanol–water partition coefficient (Wildman–Crippen LogP) is 3.65. The van der Waals surface area contributed by atoms with Gasteiger partial charge in [0.2, 0.25) is 5.95 Å². The van der Waals surface area contributed by atoms with Gasteiger partial charge in [0.1, 0.15) is 0 Å². The molecule has 0 fully saturated rings. The maximum atomic E-state index is 5.17. The Bertz CT molecular complexity index is 1610. The summed E-state index contributed by atoms with van der Waals surface area (Å²) in [5.74, 6) is 1.25. The zero-order valence-electron chi connectivity index (χ0n) is 23.4. The minimum Gasteiger partial charge on any atom is -0.383 e. The van der Waals surface area contributed by atoms with Crippen LogP contribution in [0.2, 0.25) is 0 Å². The maximum absolute atomic E-state index is 5.17. The number of hydrogen-bond acceptors (Lipinski definition) is 8. The van der Waals surface area contributed by atoms with Gasteiger partial charge in [-0.2, -0.15) is 15.3 Å². The van der Waals surface area contributed by atoms with Crippen molar-refractivity contribution >= 4 is 11.8 Å². The lowest BCUT2D eigenvalue weighted by Crippen LogP contribution is -2.18. The van der Waals surface area contributed by atoms with Crippen LogP contribution in [0.4, 0.5) is 11.8 Å². The number of hydrogen-bond donors (Lipinski definition) is 1. The normalized spacial score (nSPS) is 12.5. The van der Waals surface area contributed by atoms with Crippen LogP contribution in [0.3, 0.4) is 0 Å². The molecule has 1 aromatic carbocycles.